The molecule has 0 spiro atoms. The summed E-state index contributed by atoms with van der Waals surface area (Å²) >= 11 is 0. The third-order valence-electron chi connectivity index (χ3n) is 4.66. The molecule has 0 saturated heterocycles. The highest BCUT2D eigenvalue weighted by atomic mass is 32.2. The van der Waals surface area contributed by atoms with Crippen LogP contribution in [0.25, 0.3) is 11.0 Å². The molecule has 26 heavy (non-hydrogen) atoms. The molecule has 0 amide bonds. The Labute approximate surface area is 150 Å². The topological polar surface area (TPSA) is 98.3 Å². The molecule has 0 unspecified atom stereocenters. The lowest BCUT2D eigenvalue weighted by Crippen LogP contribution is -2.40. The smallest absolute Gasteiger partial charge is 0.256 e. The second-order valence-electron chi connectivity index (χ2n) is 6.23. The van der Waals surface area contributed by atoms with Crippen LogP contribution in [0.3, 0.4) is 0 Å². The minimum Gasteiger partial charge on any atom is -0.356 e. The van der Waals surface area contributed by atoms with E-state index in [2.05, 4.69) is 10.1 Å². The number of benzene rings is 1. The van der Waals surface area contributed by atoms with E-state index in [4.69, 9.17) is 4.52 Å². The third kappa shape index (κ3) is 2.82. The number of hydrogen-bond acceptors (Lipinski definition) is 6. The maximum atomic E-state index is 12.8. The summed E-state index contributed by atoms with van der Waals surface area (Å²) in [5.41, 5.74) is 1.99. The summed E-state index contributed by atoms with van der Waals surface area (Å²) in [5.74, 6) is -0.245. The SMILES string of the molecule is CCn1cnc2c(c1=O)CCN(S(=O)(=O)Cc1noc3ccccc13)C2. The van der Waals surface area contributed by atoms with Crippen LogP contribution in [0.2, 0.25) is 0 Å². The molecular formula is C17H18N4O4S. The molecule has 9 heteroatoms. The van der Waals surface area contributed by atoms with Gasteiger partial charge in [-0.05, 0) is 25.5 Å². The van der Waals surface area contributed by atoms with Gasteiger partial charge in [-0.1, -0.05) is 17.3 Å². The minimum absolute atomic E-state index is 0.0861. The van der Waals surface area contributed by atoms with Gasteiger partial charge in [0.1, 0.15) is 11.4 Å². The number of para-hydroxylation sites is 1. The molecule has 0 fully saturated rings. The third-order valence-corrected chi connectivity index (χ3v) is 6.40. The predicted octanol–water partition coefficient (Wildman–Crippen LogP) is 1.29. The standard InChI is InChI=1S/C17H18N4O4S/c1-2-20-11-18-14-9-21(8-7-13(14)17(20)22)26(23,24)10-15-12-5-3-4-6-16(12)25-19-15/h3-6,11H,2,7-10H2,1H3. The highest BCUT2D eigenvalue weighted by Crippen LogP contribution is 2.23. The van der Waals surface area contributed by atoms with Crippen molar-refractivity contribution in [3.05, 3.63) is 57.9 Å². The van der Waals surface area contributed by atoms with Gasteiger partial charge in [-0.25, -0.2) is 13.4 Å². The highest BCUT2D eigenvalue weighted by Gasteiger charge is 2.30. The zero-order chi connectivity index (χ0) is 18.3. The van der Waals surface area contributed by atoms with Crippen LogP contribution in [0.15, 0.2) is 39.9 Å². The van der Waals surface area contributed by atoms with E-state index in [-0.39, 0.29) is 24.4 Å². The number of rotatable bonds is 4. The molecule has 0 atom stereocenters. The fraction of sp³-hybridized carbons (Fsp3) is 0.353. The van der Waals surface area contributed by atoms with Crippen molar-refractivity contribution in [2.24, 2.45) is 0 Å². The summed E-state index contributed by atoms with van der Waals surface area (Å²) < 4.78 is 33.8. The number of sulfonamides is 1. The van der Waals surface area contributed by atoms with E-state index in [0.29, 0.717) is 40.9 Å². The van der Waals surface area contributed by atoms with Crippen LogP contribution >= 0.6 is 0 Å². The van der Waals surface area contributed by atoms with E-state index in [0.717, 1.165) is 0 Å². The first-order valence-corrected chi connectivity index (χ1v) is 9.99. The van der Waals surface area contributed by atoms with Crippen molar-refractivity contribution >= 4 is 21.0 Å². The molecule has 4 rings (SSSR count). The molecular weight excluding hydrogens is 356 g/mol. The van der Waals surface area contributed by atoms with Crippen LogP contribution in [0.5, 0.6) is 0 Å². The summed E-state index contributed by atoms with van der Waals surface area (Å²) in [7, 11) is -3.61. The van der Waals surface area contributed by atoms with Gasteiger partial charge < -0.3 is 4.52 Å². The second-order valence-corrected chi connectivity index (χ2v) is 8.20. The van der Waals surface area contributed by atoms with Gasteiger partial charge in [0.15, 0.2) is 5.58 Å². The van der Waals surface area contributed by atoms with E-state index in [1.54, 1.807) is 12.1 Å². The van der Waals surface area contributed by atoms with E-state index in [9.17, 15) is 13.2 Å². The summed E-state index contributed by atoms with van der Waals surface area (Å²) in [6, 6.07) is 7.16. The molecule has 1 aliphatic rings. The maximum absolute atomic E-state index is 12.8. The Morgan fingerprint density at radius 2 is 2.08 bits per heavy atom. The summed E-state index contributed by atoms with van der Waals surface area (Å²) in [4.78, 5) is 16.6. The number of fused-ring (bicyclic) bond motifs is 2. The zero-order valence-corrected chi connectivity index (χ0v) is 15.1. The number of hydrogen-bond donors (Lipinski definition) is 0. The number of aromatic nitrogens is 3. The van der Waals surface area contributed by atoms with Gasteiger partial charge in [0, 0.05) is 24.0 Å². The molecule has 1 aliphatic heterocycles. The molecule has 0 bridgehead atoms. The van der Waals surface area contributed by atoms with Gasteiger partial charge in [-0.3, -0.25) is 9.36 Å². The molecule has 2 aromatic heterocycles. The van der Waals surface area contributed by atoms with E-state index in [1.807, 2.05) is 19.1 Å². The largest absolute Gasteiger partial charge is 0.356 e. The van der Waals surface area contributed by atoms with Crippen LogP contribution in [-0.4, -0.2) is 34.0 Å². The van der Waals surface area contributed by atoms with Gasteiger partial charge in [0.05, 0.1) is 18.6 Å². The van der Waals surface area contributed by atoms with E-state index in [1.165, 1.54) is 15.2 Å². The quantitative estimate of drug-likeness (QED) is 0.682. The first-order chi connectivity index (χ1) is 12.5. The average Bonchev–Trinajstić information content (AvgIpc) is 3.04. The van der Waals surface area contributed by atoms with Crippen LogP contribution in [0.1, 0.15) is 23.9 Å². The Morgan fingerprint density at radius 1 is 1.27 bits per heavy atom. The van der Waals surface area contributed by atoms with Crippen molar-refractivity contribution in [3.63, 3.8) is 0 Å². The number of aryl methyl sites for hydroxylation is 1. The summed E-state index contributed by atoms with van der Waals surface area (Å²) in [5, 5.41) is 4.60. The lowest BCUT2D eigenvalue weighted by atomic mass is 10.1. The van der Waals surface area contributed by atoms with E-state index < -0.39 is 10.0 Å². The molecule has 0 saturated carbocycles. The molecule has 1 aromatic carbocycles. The Bertz CT molecular complexity index is 1130. The van der Waals surface area contributed by atoms with Crippen molar-refractivity contribution in [2.45, 2.75) is 32.2 Å². The van der Waals surface area contributed by atoms with Crippen LogP contribution in [0.4, 0.5) is 0 Å². The first kappa shape index (κ1) is 16.9. The highest BCUT2D eigenvalue weighted by molar-refractivity contribution is 7.88. The van der Waals surface area contributed by atoms with Crippen molar-refractivity contribution in [3.8, 4) is 0 Å². The van der Waals surface area contributed by atoms with Crippen molar-refractivity contribution in [1.29, 1.82) is 0 Å². The maximum Gasteiger partial charge on any atom is 0.256 e. The molecule has 3 heterocycles. The number of nitrogens with zero attached hydrogens (tertiary/aromatic N) is 4. The zero-order valence-electron chi connectivity index (χ0n) is 14.3. The molecule has 8 nitrogen and oxygen atoms in total. The molecule has 0 radical (unpaired) electrons. The summed E-state index contributed by atoms with van der Waals surface area (Å²) in [6.45, 7) is 2.78. The van der Waals surface area contributed by atoms with Crippen LogP contribution in [0, 0.1) is 0 Å². The molecule has 136 valence electrons. The predicted molar refractivity (Wildman–Crippen MR) is 94.9 cm³/mol. The van der Waals surface area contributed by atoms with Crippen molar-refractivity contribution in [1.82, 2.24) is 19.0 Å². The van der Waals surface area contributed by atoms with Gasteiger partial charge in [-0.2, -0.15) is 4.31 Å². The summed E-state index contributed by atoms with van der Waals surface area (Å²) in [6.07, 6.45) is 1.84. The van der Waals surface area contributed by atoms with Crippen LogP contribution < -0.4 is 5.56 Å². The Balaban J connectivity index is 1.61. The molecule has 0 aliphatic carbocycles. The van der Waals surface area contributed by atoms with Gasteiger partial charge in [0.25, 0.3) is 5.56 Å². The lowest BCUT2D eigenvalue weighted by molar-refractivity contribution is 0.379. The van der Waals surface area contributed by atoms with Gasteiger partial charge in [0.2, 0.25) is 10.0 Å². The van der Waals surface area contributed by atoms with Crippen molar-refractivity contribution < 1.29 is 12.9 Å². The van der Waals surface area contributed by atoms with Crippen LogP contribution in [-0.2, 0) is 35.3 Å². The normalized spacial score (nSPS) is 15.3. The minimum atomic E-state index is -3.61. The Hall–Kier alpha value is -2.52. The Kier molecular flexibility index (Phi) is 4.12. The second kappa shape index (κ2) is 6.33. The molecule has 0 N–H and O–H groups in total. The fourth-order valence-corrected chi connectivity index (χ4v) is 4.63. The lowest BCUT2D eigenvalue weighted by Gasteiger charge is -2.27. The Morgan fingerprint density at radius 3 is 2.88 bits per heavy atom. The average molecular weight is 374 g/mol. The monoisotopic (exact) mass is 374 g/mol. The molecule has 3 aromatic rings. The fourth-order valence-electron chi connectivity index (χ4n) is 3.21. The first-order valence-electron chi connectivity index (χ1n) is 8.38. The van der Waals surface area contributed by atoms with Crippen molar-refractivity contribution in [2.75, 3.05) is 6.54 Å². The van der Waals surface area contributed by atoms with Gasteiger partial charge in [-0.15, -0.1) is 0 Å². The van der Waals surface area contributed by atoms with E-state index >= 15 is 0 Å². The van der Waals surface area contributed by atoms with Gasteiger partial charge >= 0.3 is 0 Å².